The molecule has 6 heteroatoms. The number of nitrogens with two attached hydrogens (primary N) is 1. The van der Waals surface area contributed by atoms with E-state index in [0.717, 1.165) is 0 Å². The van der Waals surface area contributed by atoms with E-state index in [9.17, 15) is 4.79 Å². The van der Waals surface area contributed by atoms with Crippen molar-refractivity contribution in [1.29, 1.82) is 0 Å². The molecule has 1 aromatic heterocycles. The van der Waals surface area contributed by atoms with Gasteiger partial charge in [-0.3, -0.25) is 4.79 Å². The molecule has 19 heavy (non-hydrogen) atoms. The first-order valence-electron chi connectivity index (χ1n) is 6.07. The number of amides is 1. The van der Waals surface area contributed by atoms with Crippen LogP contribution in [0, 0.1) is 6.92 Å². The largest absolute Gasteiger partial charge is 0.421 e. The Labute approximate surface area is 111 Å². The third-order valence-electron chi connectivity index (χ3n) is 2.72. The number of aryl methyl sites for hydroxylation is 1. The summed E-state index contributed by atoms with van der Waals surface area (Å²) in [6.45, 7) is 3.57. The molecule has 0 saturated carbocycles. The molecule has 0 aliphatic heterocycles. The van der Waals surface area contributed by atoms with Gasteiger partial charge in [-0.05, 0) is 18.6 Å². The number of carbonyl (C=O) groups is 1. The summed E-state index contributed by atoms with van der Waals surface area (Å²) in [5, 5.41) is 10.5. The number of nitrogens with one attached hydrogen (secondary N) is 1. The summed E-state index contributed by atoms with van der Waals surface area (Å²) >= 11 is 0. The van der Waals surface area contributed by atoms with Gasteiger partial charge in [-0.15, -0.1) is 10.2 Å². The van der Waals surface area contributed by atoms with Crippen LogP contribution in [0.25, 0.3) is 11.5 Å². The van der Waals surface area contributed by atoms with Crippen molar-refractivity contribution in [2.75, 3.05) is 5.32 Å². The van der Waals surface area contributed by atoms with Crippen LogP contribution in [0.15, 0.2) is 28.7 Å². The molecule has 0 saturated heterocycles. The predicted molar refractivity (Wildman–Crippen MR) is 71.4 cm³/mol. The number of hydrogen-bond acceptors (Lipinski definition) is 5. The fourth-order valence-electron chi connectivity index (χ4n) is 1.59. The topological polar surface area (TPSA) is 94.0 Å². The van der Waals surface area contributed by atoms with Crippen LogP contribution in [0.4, 0.5) is 5.69 Å². The van der Waals surface area contributed by atoms with E-state index in [1.54, 1.807) is 19.1 Å². The van der Waals surface area contributed by atoms with Gasteiger partial charge in [0, 0.05) is 6.92 Å². The van der Waals surface area contributed by atoms with Crippen molar-refractivity contribution < 1.29 is 9.21 Å². The fourth-order valence-corrected chi connectivity index (χ4v) is 1.59. The fraction of sp³-hybridized carbons (Fsp3) is 0.308. The van der Waals surface area contributed by atoms with Gasteiger partial charge in [0.15, 0.2) is 0 Å². The Morgan fingerprint density at radius 1 is 1.42 bits per heavy atom. The van der Waals surface area contributed by atoms with Crippen LogP contribution in [-0.4, -0.2) is 22.1 Å². The summed E-state index contributed by atoms with van der Waals surface area (Å²) in [6.07, 6.45) is 0.577. The zero-order valence-corrected chi connectivity index (χ0v) is 10.9. The average molecular weight is 260 g/mol. The molecule has 0 radical (unpaired) electrons. The molecule has 2 aromatic rings. The number of aromatic nitrogens is 2. The molecule has 2 rings (SSSR count). The standard InChI is InChI=1S/C13H16N4O2/c1-3-10(14)12(18)15-11-7-5-4-6-9(11)13-17-16-8(2)19-13/h4-7,10H,3,14H2,1-2H3,(H,15,18). The van der Waals surface area contributed by atoms with Gasteiger partial charge in [-0.25, -0.2) is 0 Å². The van der Waals surface area contributed by atoms with Crippen molar-refractivity contribution in [2.45, 2.75) is 26.3 Å². The van der Waals surface area contributed by atoms with E-state index in [4.69, 9.17) is 10.2 Å². The van der Waals surface area contributed by atoms with Crippen LogP contribution in [0.2, 0.25) is 0 Å². The highest BCUT2D eigenvalue weighted by molar-refractivity contribution is 5.97. The summed E-state index contributed by atoms with van der Waals surface area (Å²) in [5.74, 6) is 0.617. The number of hydrogen-bond donors (Lipinski definition) is 2. The number of benzene rings is 1. The molecule has 0 fully saturated rings. The second-order valence-electron chi connectivity index (χ2n) is 4.18. The van der Waals surface area contributed by atoms with Crippen molar-refractivity contribution in [2.24, 2.45) is 5.73 Å². The molecule has 0 aliphatic rings. The van der Waals surface area contributed by atoms with Crippen molar-refractivity contribution in [3.8, 4) is 11.5 Å². The van der Waals surface area contributed by atoms with E-state index in [1.165, 1.54) is 0 Å². The van der Waals surface area contributed by atoms with Crippen molar-refractivity contribution in [3.05, 3.63) is 30.2 Å². The number of nitrogens with zero attached hydrogens (tertiary/aromatic N) is 2. The van der Waals surface area contributed by atoms with E-state index in [0.29, 0.717) is 29.5 Å². The number of anilines is 1. The van der Waals surface area contributed by atoms with Gasteiger partial charge in [0.1, 0.15) is 0 Å². The molecule has 1 atom stereocenters. The molecule has 1 amide bonds. The molecule has 100 valence electrons. The van der Waals surface area contributed by atoms with Crippen LogP contribution in [-0.2, 0) is 4.79 Å². The minimum atomic E-state index is -0.530. The van der Waals surface area contributed by atoms with Crippen LogP contribution >= 0.6 is 0 Å². The first kappa shape index (κ1) is 13.2. The van der Waals surface area contributed by atoms with Crippen molar-refractivity contribution >= 4 is 11.6 Å². The monoisotopic (exact) mass is 260 g/mol. The average Bonchev–Trinajstić information content (AvgIpc) is 2.85. The maximum absolute atomic E-state index is 11.8. The van der Waals surface area contributed by atoms with Gasteiger partial charge in [-0.1, -0.05) is 19.1 Å². The summed E-state index contributed by atoms with van der Waals surface area (Å²) in [7, 11) is 0. The summed E-state index contributed by atoms with van der Waals surface area (Å²) < 4.78 is 5.37. The SMILES string of the molecule is CCC(N)C(=O)Nc1ccccc1-c1nnc(C)o1. The Bertz CT molecular complexity index is 580. The van der Waals surface area contributed by atoms with Crippen molar-refractivity contribution in [1.82, 2.24) is 10.2 Å². The summed E-state index contributed by atoms with van der Waals surface area (Å²) in [6, 6.07) is 6.71. The highest BCUT2D eigenvalue weighted by Gasteiger charge is 2.15. The van der Waals surface area contributed by atoms with Crippen molar-refractivity contribution in [3.63, 3.8) is 0 Å². The Morgan fingerprint density at radius 2 is 2.16 bits per heavy atom. The molecule has 0 bridgehead atoms. The normalized spacial score (nSPS) is 12.2. The molecule has 6 nitrogen and oxygen atoms in total. The van der Waals surface area contributed by atoms with E-state index in [-0.39, 0.29) is 5.91 Å². The minimum Gasteiger partial charge on any atom is -0.421 e. The first-order valence-corrected chi connectivity index (χ1v) is 6.07. The molecular formula is C13H16N4O2. The van der Waals surface area contributed by atoms with Gasteiger partial charge in [0.25, 0.3) is 0 Å². The van der Waals surface area contributed by atoms with Gasteiger partial charge in [-0.2, -0.15) is 0 Å². The Morgan fingerprint density at radius 3 is 2.79 bits per heavy atom. The maximum Gasteiger partial charge on any atom is 0.249 e. The number of rotatable bonds is 4. The predicted octanol–water partition coefficient (Wildman–Crippen LogP) is 1.72. The van der Waals surface area contributed by atoms with Crippen LogP contribution < -0.4 is 11.1 Å². The van der Waals surface area contributed by atoms with Gasteiger partial charge in [0.05, 0.1) is 17.3 Å². The lowest BCUT2D eigenvalue weighted by Gasteiger charge is -2.12. The third kappa shape index (κ3) is 2.97. The molecule has 0 spiro atoms. The third-order valence-corrected chi connectivity index (χ3v) is 2.72. The van der Waals surface area contributed by atoms with E-state index in [1.807, 2.05) is 19.1 Å². The first-order chi connectivity index (χ1) is 9.11. The summed E-state index contributed by atoms with van der Waals surface area (Å²) in [4.78, 5) is 11.8. The quantitative estimate of drug-likeness (QED) is 0.872. The van der Waals surface area contributed by atoms with Crippen LogP contribution in [0.5, 0.6) is 0 Å². The molecule has 3 N–H and O–H groups in total. The second-order valence-corrected chi connectivity index (χ2v) is 4.18. The Kier molecular flexibility index (Phi) is 3.91. The highest BCUT2D eigenvalue weighted by Crippen LogP contribution is 2.26. The van der Waals surface area contributed by atoms with Crippen LogP contribution in [0.1, 0.15) is 19.2 Å². The van der Waals surface area contributed by atoms with Crippen LogP contribution in [0.3, 0.4) is 0 Å². The molecule has 1 unspecified atom stereocenters. The zero-order valence-electron chi connectivity index (χ0n) is 10.9. The highest BCUT2D eigenvalue weighted by atomic mass is 16.4. The lowest BCUT2D eigenvalue weighted by molar-refractivity contribution is -0.117. The van der Waals surface area contributed by atoms with Gasteiger partial charge >= 0.3 is 0 Å². The maximum atomic E-state index is 11.8. The lowest BCUT2D eigenvalue weighted by atomic mass is 10.1. The van der Waals surface area contributed by atoms with E-state index in [2.05, 4.69) is 15.5 Å². The Hall–Kier alpha value is -2.21. The van der Waals surface area contributed by atoms with Gasteiger partial charge in [0.2, 0.25) is 17.7 Å². The summed E-state index contributed by atoms with van der Waals surface area (Å²) in [5.41, 5.74) is 6.99. The van der Waals surface area contributed by atoms with Gasteiger partial charge < -0.3 is 15.5 Å². The van der Waals surface area contributed by atoms with E-state index < -0.39 is 6.04 Å². The molecule has 1 heterocycles. The van der Waals surface area contributed by atoms with E-state index >= 15 is 0 Å². The molecule has 1 aromatic carbocycles. The number of para-hydroxylation sites is 1. The molecular weight excluding hydrogens is 244 g/mol. The zero-order chi connectivity index (χ0) is 13.8. The minimum absolute atomic E-state index is 0.230. The smallest absolute Gasteiger partial charge is 0.249 e. The second kappa shape index (κ2) is 5.62. The number of carbonyl (C=O) groups excluding carboxylic acids is 1. The molecule has 0 aliphatic carbocycles. The Balaban J connectivity index is 2.29. The lowest BCUT2D eigenvalue weighted by Crippen LogP contribution is -2.34.